The predicted octanol–water partition coefficient (Wildman–Crippen LogP) is 2.15. The molecule has 1 atom stereocenters. The van der Waals surface area contributed by atoms with Gasteiger partial charge in [0, 0.05) is 36.3 Å². The molecular weight excluding hydrogens is 254 g/mol. The third-order valence-corrected chi connectivity index (χ3v) is 4.05. The highest BCUT2D eigenvalue weighted by atomic mass is 17.2. The molecule has 5 heteroatoms. The van der Waals surface area contributed by atoms with Gasteiger partial charge in [-0.3, -0.25) is 0 Å². The molecule has 1 unspecified atom stereocenters. The first kappa shape index (κ1) is 13.4. The minimum Gasteiger partial charge on any atom is -0.383 e. The summed E-state index contributed by atoms with van der Waals surface area (Å²) < 4.78 is 0. The summed E-state index contributed by atoms with van der Waals surface area (Å²) in [5.41, 5.74) is 8.52. The van der Waals surface area contributed by atoms with Crippen LogP contribution in [0.4, 0.5) is 5.69 Å². The Morgan fingerprint density at radius 2 is 2.15 bits per heavy atom. The van der Waals surface area contributed by atoms with Crippen molar-refractivity contribution in [3.05, 3.63) is 29.3 Å². The number of benzene rings is 1. The molecule has 1 aromatic carbocycles. The van der Waals surface area contributed by atoms with Crippen molar-refractivity contribution in [3.63, 3.8) is 0 Å². The fraction of sp³-hybridized carbons (Fsp3) is 0.533. The fourth-order valence-electron chi connectivity index (χ4n) is 3.10. The van der Waals surface area contributed by atoms with Gasteiger partial charge in [-0.2, -0.15) is 0 Å². The van der Waals surface area contributed by atoms with E-state index in [1.165, 1.54) is 0 Å². The molecule has 1 spiro atoms. The maximum atomic E-state index is 6.10. The maximum Gasteiger partial charge on any atom is 0.223 e. The fourth-order valence-corrected chi connectivity index (χ4v) is 3.10. The zero-order chi connectivity index (χ0) is 14.2. The van der Waals surface area contributed by atoms with Crippen molar-refractivity contribution in [1.29, 1.82) is 0 Å². The lowest BCUT2D eigenvalue weighted by Gasteiger charge is -2.34. The van der Waals surface area contributed by atoms with Gasteiger partial charge < -0.3 is 10.6 Å². The molecule has 0 aromatic heterocycles. The number of amidine groups is 1. The third-order valence-electron chi connectivity index (χ3n) is 4.05. The van der Waals surface area contributed by atoms with Gasteiger partial charge in [-0.25, -0.2) is 14.8 Å². The van der Waals surface area contributed by atoms with Crippen molar-refractivity contribution in [2.75, 3.05) is 24.6 Å². The highest BCUT2D eigenvalue weighted by Gasteiger charge is 2.45. The van der Waals surface area contributed by atoms with Crippen LogP contribution in [0.2, 0.25) is 0 Å². The van der Waals surface area contributed by atoms with E-state index in [2.05, 4.69) is 29.8 Å². The topological polar surface area (TPSA) is 60.1 Å². The summed E-state index contributed by atoms with van der Waals surface area (Å²) in [5.74, 6) is 0.541. The third kappa shape index (κ3) is 1.89. The molecule has 0 aliphatic carbocycles. The molecule has 5 nitrogen and oxygen atoms in total. The Morgan fingerprint density at radius 1 is 1.35 bits per heavy atom. The summed E-state index contributed by atoms with van der Waals surface area (Å²) in [6, 6.07) is 6.14. The predicted molar refractivity (Wildman–Crippen MR) is 78.7 cm³/mol. The minimum atomic E-state index is -0.753. The normalized spacial score (nSPS) is 24.6. The van der Waals surface area contributed by atoms with E-state index in [9.17, 15) is 0 Å². The van der Waals surface area contributed by atoms with Gasteiger partial charge in [0.25, 0.3) is 0 Å². The van der Waals surface area contributed by atoms with E-state index in [-0.39, 0.29) is 0 Å². The summed E-state index contributed by atoms with van der Waals surface area (Å²) in [6.07, 6.45) is 1.72. The number of hydrogen-bond donors (Lipinski definition) is 1. The quantitative estimate of drug-likeness (QED) is 0.859. The molecule has 1 saturated heterocycles. The van der Waals surface area contributed by atoms with Crippen molar-refractivity contribution < 1.29 is 9.78 Å². The monoisotopic (exact) mass is 275 g/mol. The number of aliphatic imine (C=N–C) groups is 1. The molecule has 2 aliphatic heterocycles. The highest BCUT2D eigenvalue weighted by molar-refractivity contribution is 6.03. The van der Waals surface area contributed by atoms with Gasteiger partial charge in [0.2, 0.25) is 5.72 Å². The van der Waals surface area contributed by atoms with Crippen molar-refractivity contribution in [2.24, 2.45) is 10.7 Å². The molecule has 0 saturated carbocycles. The van der Waals surface area contributed by atoms with Crippen LogP contribution in [0.15, 0.2) is 23.2 Å². The Bertz CT molecular complexity index is 532. The SMILES string of the molecule is CCN(CC)c1cccc2c1C1(CCCOO1)N=C2N. The molecule has 2 N–H and O–H groups in total. The first-order valence-electron chi connectivity index (χ1n) is 7.26. The maximum absolute atomic E-state index is 6.10. The molecule has 3 rings (SSSR count). The van der Waals surface area contributed by atoms with E-state index in [1.54, 1.807) is 0 Å². The number of hydrogen-bond acceptors (Lipinski definition) is 5. The molecule has 20 heavy (non-hydrogen) atoms. The number of nitrogens with two attached hydrogens (primary N) is 1. The zero-order valence-corrected chi connectivity index (χ0v) is 12.1. The van der Waals surface area contributed by atoms with Gasteiger partial charge >= 0.3 is 0 Å². The van der Waals surface area contributed by atoms with E-state index in [1.807, 2.05) is 12.1 Å². The Morgan fingerprint density at radius 3 is 2.80 bits per heavy atom. The summed E-state index contributed by atoms with van der Waals surface area (Å²) in [4.78, 5) is 17.7. The van der Waals surface area contributed by atoms with E-state index in [0.29, 0.717) is 12.4 Å². The van der Waals surface area contributed by atoms with Crippen LogP contribution >= 0.6 is 0 Å². The number of anilines is 1. The van der Waals surface area contributed by atoms with E-state index in [0.717, 1.165) is 42.7 Å². The summed E-state index contributed by atoms with van der Waals surface area (Å²) >= 11 is 0. The van der Waals surface area contributed by atoms with Crippen LogP contribution in [0.25, 0.3) is 0 Å². The van der Waals surface area contributed by atoms with Gasteiger partial charge in [0.15, 0.2) is 0 Å². The van der Waals surface area contributed by atoms with Crippen molar-refractivity contribution in [1.82, 2.24) is 0 Å². The van der Waals surface area contributed by atoms with Gasteiger partial charge in [0.05, 0.1) is 6.61 Å². The smallest absolute Gasteiger partial charge is 0.223 e. The van der Waals surface area contributed by atoms with Crippen LogP contribution in [0.1, 0.15) is 37.8 Å². The summed E-state index contributed by atoms with van der Waals surface area (Å²) in [5, 5.41) is 0. The van der Waals surface area contributed by atoms with Crippen LogP contribution < -0.4 is 10.6 Å². The second kappa shape index (κ2) is 5.07. The first-order chi connectivity index (χ1) is 9.72. The van der Waals surface area contributed by atoms with Gasteiger partial charge in [-0.05, 0) is 26.3 Å². The van der Waals surface area contributed by atoms with E-state index >= 15 is 0 Å². The Kier molecular flexibility index (Phi) is 3.40. The molecule has 2 aliphatic rings. The van der Waals surface area contributed by atoms with Gasteiger partial charge in [-0.15, -0.1) is 0 Å². The standard InChI is InChI=1S/C15H21N3O2/c1-3-18(4-2)12-8-5-7-11-13(12)15(17-14(11)16)9-6-10-19-20-15/h5,7-8H,3-4,6,9-10H2,1-2H3,(H2,16,17). The number of fused-ring (bicyclic) bond motifs is 2. The lowest BCUT2D eigenvalue weighted by atomic mass is 9.93. The number of rotatable bonds is 3. The van der Waals surface area contributed by atoms with Crippen LogP contribution in [0.3, 0.4) is 0 Å². The molecule has 0 bridgehead atoms. The summed E-state index contributed by atoms with van der Waals surface area (Å²) in [7, 11) is 0. The van der Waals surface area contributed by atoms with Crippen LogP contribution in [0.5, 0.6) is 0 Å². The van der Waals surface area contributed by atoms with Crippen LogP contribution in [0, 0.1) is 0 Å². The average molecular weight is 275 g/mol. The Labute approximate surface area is 119 Å². The second-order valence-electron chi connectivity index (χ2n) is 5.16. The zero-order valence-electron chi connectivity index (χ0n) is 12.1. The number of nitrogens with zero attached hydrogens (tertiary/aromatic N) is 2. The molecule has 1 fully saturated rings. The van der Waals surface area contributed by atoms with Crippen LogP contribution in [-0.4, -0.2) is 25.5 Å². The minimum absolute atomic E-state index is 0.541. The summed E-state index contributed by atoms with van der Waals surface area (Å²) in [6.45, 7) is 6.77. The second-order valence-corrected chi connectivity index (χ2v) is 5.16. The Balaban J connectivity index is 2.14. The van der Waals surface area contributed by atoms with Gasteiger partial charge in [0.1, 0.15) is 5.84 Å². The van der Waals surface area contributed by atoms with E-state index < -0.39 is 5.72 Å². The van der Waals surface area contributed by atoms with Crippen molar-refractivity contribution in [2.45, 2.75) is 32.4 Å². The average Bonchev–Trinajstić information content (AvgIpc) is 2.75. The Hall–Kier alpha value is -1.59. The van der Waals surface area contributed by atoms with Crippen LogP contribution in [-0.2, 0) is 15.5 Å². The molecule has 108 valence electrons. The molecule has 1 aromatic rings. The molecule has 0 amide bonds. The lowest BCUT2D eigenvalue weighted by Crippen LogP contribution is -2.34. The first-order valence-corrected chi connectivity index (χ1v) is 7.26. The van der Waals surface area contributed by atoms with Crippen molar-refractivity contribution in [3.8, 4) is 0 Å². The van der Waals surface area contributed by atoms with Gasteiger partial charge in [-0.1, -0.05) is 12.1 Å². The molecule has 2 heterocycles. The molecular formula is C15H21N3O2. The highest BCUT2D eigenvalue weighted by Crippen LogP contribution is 2.46. The van der Waals surface area contributed by atoms with E-state index in [4.69, 9.17) is 15.5 Å². The largest absolute Gasteiger partial charge is 0.383 e. The molecule has 0 radical (unpaired) electrons. The van der Waals surface area contributed by atoms with Crippen molar-refractivity contribution >= 4 is 11.5 Å². The lowest BCUT2D eigenvalue weighted by molar-refractivity contribution is -0.386.